The van der Waals surface area contributed by atoms with Crippen LogP contribution in [0.3, 0.4) is 0 Å². The van der Waals surface area contributed by atoms with Crippen molar-refractivity contribution in [2.75, 3.05) is 51.2 Å². The van der Waals surface area contributed by atoms with Gasteiger partial charge >= 0.3 is 0 Å². The number of piperazine rings is 1. The van der Waals surface area contributed by atoms with E-state index in [0.717, 1.165) is 32.1 Å². The summed E-state index contributed by atoms with van der Waals surface area (Å²) in [5, 5.41) is 3.42. The highest BCUT2D eigenvalue weighted by Crippen LogP contribution is 2.30. The summed E-state index contributed by atoms with van der Waals surface area (Å²) in [5.74, 6) is 0.763. The number of nitrogens with zero attached hydrogens (tertiary/aromatic N) is 2. The average molecular weight is 259 g/mol. The van der Waals surface area contributed by atoms with Crippen LogP contribution in [0.2, 0.25) is 0 Å². The Bertz CT molecular complexity index is 404. The molecule has 0 atom stereocenters. The number of likely N-dealkylation sites (tertiary alicyclic amines) is 1. The number of rotatable bonds is 2. The highest BCUT2D eigenvalue weighted by atomic mass is 15.2. The Morgan fingerprint density at radius 1 is 1.05 bits per heavy atom. The smallest absolute Gasteiger partial charge is 0.0369 e. The van der Waals surface area contributed by atoms with E-state index in [1.165, 1.54) is 31.6 Å². The van der Waals surface area contributed by atoms with Gasteiger partial charge in [-0.3, -0.25) is 0 Å². The van der Waals surface area contributed by atoms with Crippen molar-refractivity contribution in [1.82, 2.24) is 10.2 Å². The molecule has 0 aliphatic carbocycles. The molecular weight excluding hydrogens is 234 g/mol. The maximum Gasteiger partial charge on any atom is 0.0369 e. The number of hydrogen-bond acceptors (Lipinski definition) is 3. The summed E-state index contributed by atoms with van der Waals surface area (Å²) in [4.78, 5) is 4.95. The lowest BCUT2D eigenvalue weighted by Crippen LogP contribution is -2.43. The van der Waals surface area contributed by atoms with Gasteiger partial charge in [0.05, 0.1) is 0 Å². The zero-order valence-electron chi connectivity index (χ0n) is 11.9. The second kappa shape index (κ2) is 5.93. The third-order valence-corrected chi connectivity index (χ3v) is 4.54. The van der Waals surface area contributed by atoms with Gasteiger partial charge in [0.15, 0.2) is 0 Å². The van der Waals surface area contributed by atoms with Gasteiger partial charge < -0.3 is 15.1 Å². The molecule has 3 heteroatoms. The van der Waals surface area contributed by atoms with Crippen molar-refractivity contribution in [2.45, 2.75) is 18.8 Å². The fraction of sp³-hybridized carbons (Fsp3) is 0.625. The molecule has 19 heavy (non-hydrogen) atoms. The molecule has 0 amide bonds. The maximum atomic E-state index is 3.42. The molecule has 0 spiro atoms. The standard InChI is InChI=1S/C16H25N3/c1-18-9-5-14(6-10-18)15-3-2-4-16(13-15)19-11-7-17-8-12-19/h2-4,13-14,17H,5-12H2,1H3. The molecular formula is C16H25N3. The number of piperidine rings is 1. The van der Waals surface area contributed by atoms with E-state index in [9.17, 15) is 0 Å². The van der Waals surface area contributed by atoms with Crippen LogP contribution < -0.4 is 10.2 Å². The SMILES string of the molecule is CN1CCC(c2cccc(N3CCNCC3)c2)CC1. The summed E-state index contributed by atoms with van der Waals surface area (Å²) < 4.78 is 0. The van der Waals surface area contributed by atoms with Crippen LogP contribution >= 0.6 is 0 Å². The minimum atomic E-state index is 0.763. The molecule has 1 aromatic rings. The Morgan fingerprint density at radius 3 is 2.53 bits per heavy atom. The highest BCUT2D eigenvalue weighted by Gasteiger charge is 2.19. The van der Waals surface area contributed by atoms with Crippen LogP contribution in [0.25, 0.3) is 0 Å². The Hall–Kier alpha value is -1.06. The van der Waals surface area contributed by atoms with Gasteiger partial charge in [0.1, 0.15) is 0 Å². The number of hydrogen-bond donors (Lipinski definition) is 1. The van der Waals surface area contributed by atoms with Crippen molar-refractivity contribution in [2.24, 2.45) is 0 Å². The predicted octanol–water partition coefficient (Wildman–Crippen LogP) is 1.91. The van der Waals surface area contributed by atoms with Gasteiger partial charge in [0.2, 0.25) is 0 Å². The molecule has 2 heterocycles. The van der Waals surface area contributed by atoms with E-state index in [0.29, 0.717) is 0 Å². The molecule has 104 valence electrons. The molecule has 0 unspecified atom stereocenters. The fourth-order valence-corrected chi connectivity index (χ4v) is 3.24. The van der Waals surface area contributed by atoms with E-state index in [1.54, 1.807) is 5.56 Å². The van der Waals surface area contributed by atoms with E-state index in [1.807, 2.05) is 0 Å². The lowest BCUT2D eigenvalue weighted by atomic mass is 9.89. The van der Waals surface area contributed by atoms with Gasteiger partial charge in [-0.05, 0) is 56.6 Å². The topological polar surface area (TPSA) is 18.5 Å². The molecule has 0 radical (unpaired) electrons. The largest absolute Gasteiger partial charge is 0.369 e. The zero-order valence-corrected chi connectivity index (χ0v) is 11.9. The molecule has 2 aliphatic rings. The summed E-state index contributed by atoms with van der Waals surface area (Å²) in [6.45, 7) is 6.97. The van der Waals surface area contributed by atoms with Crippen molar-refractivity contribution < 1.29 is 0 Å². The summed E-state index contributed by atoms with van der Waals surface area (Å²) in [6.07, 6.45) is 2.61. The summed E-state index contributed by atoms with van der Waals surface area (Å²) in [6, 6.07) is 9.26. The first-order valence-electron chi connectivity index (χ1n) is 7.57. The zero-order chi connectivity index (χ0) is 13.1. The van der Waals surface area contributed by atoms with Gasteiger partial charge in [0.25, 0.3) is 0 Å². The van der Waals surface area contributed by atoms with Crippen molar-refractivity contribution in [3.8, 4) is 0 Å². The molecule has 3 nitrogen and oxygen atoms in total. The summed E-state index contributed by atoms with van der Waals surface area (Å²) >= 11 is 0. The Morgan fingerprint density at radius 2 is 1.79 bits per heavy atom. The molecule has 2 aliphatic heterocycles. The van der Waals surface area contributed by atoms with E-state index in [-0.39, 0.29) is 0 Å². The molecule has 1 aromatic carbocycles. The fourth-order valence-electron chi connectivity index (χ4n) is 3.24. The van der Waals surface area contributed by atoms with Crippen LogP contribution in [0, 0.1) is 0 Å². The third-order valence-electron chi connectivity index (χ3n) is 4.54. The summed E-state index contributed by atoms with van der Waals surface area (Å²) in [7, 11) is 2.23. The van der Waals surface area contributed by atoms with E-state index < -0.39 is 0 Å². The molecule has 0 aromatic heterocycles. The monoisotopic (exact) mass is 259 g/mol. The molecule has 3 rings (SSSR count). The van der Waals surface area contributed by atoms with Crippen molar-refractivity contribution in [3.63, 3.8) is 0 Å². The second-order valence-electron chi connectivity index (χ2n) is 5.91. The Balaban J connectivity index is 1.72. The van der Waals surface area contributed by atoms with Crippen molar-refractivity contribution in [3.05, 3.63) is 29.8 Å². The molecule has 0 bridgehead atoms. The Labute approximate surface area is 116 Å². The lowest BCUT2D eigenvalue weighted by molar-refractivity contribution is 0.255. The minimum absolute atomic E-state index is 0.763. The third kappa shape index (κ3) is 3.10. The maximum absolute atomic E-state index is 3.42. The van der Waals surface area contributed by atoms with Crippen molar-refractivity contribution >= 4 is 5.69 Å². The second-order valence-corrected chi connectivity index (χ2v) is 5.91. The highest BCUT2D eigenvalue weighted by molar-refractivity contribution is 5.49. The number of anilines is 1. The first-order chi connectivity index (χ1) is 9.33. The molecule has 2 saturated heterocycles. The van der Waals surface area contributed by atoms with Crippen LogP contribution in [-0.4, -0.2) is 51.2 Å². The predicted molar refractivity (Wildman–Crippen MR) is 81.0 cm³/mol. The van der Waals surface area contributed by atoms with Crippen molar-refractivity contribution in [1.29, 1.82) is 0 Å². The first-order valence-corrected chi connectivity index (χ1v) is 7.57. The van der Waals surface area contributed by atoms with Crippen LogP contribution in [0.1, 0.15) is 24.3 Å². The number of nitrogens with one attached hydrogen (secondary N) is 1. The number of benzene rings is 1. The average Bonchev–Trinajstić information content (AvgIpc) is 2.49. The van der Waals surface area contributed by atoms with Crippen LogP contribution in [0.4, 0.5) is 5.69 Å². The normalized spacial score (nSPS) is 22.7. The van der Waals surface area contributed by atoms with Gasteiger partial charge in [-0.2, -0.15) is 0 Å². The van der Waals surface area contributed by atoms with Crippen LogP contribution in [-0.2, 0) is 0 Å². The molecule has 2 fully saturated rings. The van der Waals surface area contributed by atoms with Crippen LogP contribution in [0.15, 0.2) is 24.3 Å². The van der Waals surface area contributed by atoms with Gasteiger partial charge in [-0.1, -0.05) is 12.1 Å². The van der Waals surface area contributed by atoms with Gasteiger partial charge in [-0.15, -0.1) is 0 Å². The lowest BCUT2D eigenvalue weighted by Gasteiger charge is -2.32. The van der Waals surface area contributed by atoms with E-state index in [2.05, 4.69) is 46.4 Å². The van der Waals surface area contributed by atoms with E-state index >= 15 is 0 Å². The summed E-state index contributed by atoms with van der Waals surface area (Å²) in [5.41, 5.74) is 2.96. The van der Waals surface area contributed by atoms with Gasteiger partial charge in [0, 0.05) is 31.9 Å². The van der Waals surface area contributed by atoms with Gasteiger partial charge in [-0.25, -0.2) is 0 Å². The van der Waals surface area contributed by atoms with Crippen LogP contribution in [0.5, 0.6) is 0 Å². The Kier molecular flexibility index (Phi) is 4.04. The molecule has 0 saturated carbocycles. The first kappa shape index (κ1) is 12.9. The minimum Gasteiger partial charge on any atom is -0.369 e. The van der Waals surface area contributed by atoms with E-state index in [4.69, 9.17) is 0 Å². The molecule has 1 N–H and O–H groups in total. The quantitative estimate of drug-likeness (QED) is 0.875.